The molecule has 1 aliphatic heterocycles. The van der Waals surface area contributed by atoms with Crippen molar-refractivity contribution in [1.29, 1.82) is 0 Å². The Balaban J connectivity index is 1.84. The van der Waals surface area contributed by atoms with E-state index in [9.17, 15) is 13.5 Å². The molecule has 1 N–H and O–H groups in total. The lowest BCUT2D eigenvalue weighted by Crippen LogP contribution is -2.32. The topological polar surface area (TPSA) is 63.6 Å². The summed E-state index contributed by atoms with van der Waals surface area (Å²) in [6.45, 7) is 2.15. The molecule has 0 spiro atoms. The fourth-order valence-corrected chi connectivity index (χ4v) is 3.39. The molecule has 20 heavy (non-hydrogen) atoms. The smallest absolute Gasteiger partial charge is 0.150 e. The molecule has 0 amide bonds. The monoisotopic (exact) mass is 298 g/mol. The number of sulfone groups is 1. The number of hydrogen-bond donors (Lipinski definition) is 1. The second-order valence-electron chi connectivity index (χ2n) is 5.33. The molecule has 0 fully saturated rings. The first-order chi connectivity index (χ1) is 9.52. The lowest BCUT2D eigenvalue weighted by molar-refractivity contribution is 0.0584. The van der Waals surface area contributed by atoms with Crippen molar-refractivity contribution in [3.63, 3.8) is 0 Å². The Morgan fingerprint density at radius 2 is 2.15 bits per heavy atom. The van der Waals surface area contributed by atoms with Crippen molar-refractivity contribution < 1.29 is 18.3 Å². The van der Waals surface area contributed by atoms with Gasteiger partial charge in [0.2, 0.25) is 0 Å². The normalized spacial score (nSPS) is 20.0. The number of para-hydroxylation sites is 1. The quantitative estimate of drug-likeness (QED) is 0.870. The van der Waals surface area contributed by atoms with Gasteiger partial charge in [0.15, 0.2) is 0 Å². The third-order valence-corrected chi connectivity index (χ3v) is 5.64. The minimum Gasteiger partial charge on any atom is -0.493 e. The highest BCUT2D eigenvalue weighted by atomic mass is 32.2. The molecule has 5 heteroatoms. The molecule has 2 atom stereocenters. The second-order valence-corrected chi connectivity index (χ2v) is 7.80. The van der Waals surface area contributed by atoms with Gasteiger partial charge in [-0.2, -0.15) is 0 Å². The van der Waals surface area contributed by atoms with Gasteiger partial charge in [-0.3, -0.25) is 0 Å². The van der Waals surface area contributed by atoms with Crippen LogP contribution in [0.5, 0.6) is 5.75 Å². The van der Waals surface area contributed by atoms with Crippen LogP contribution in [0.2, 0.25) is 0 Å². The van der Waals surface area contributed by atoms with E-state index < -0.39 is 15.9 Å². The Labute approximate surface area is 120 Å². The second kappa shape index (κ2) is 6.59. The standard InChI is InChI=1S/C15H22O4S/c1-2-20(17,18)9-5-7-14(16)13-10-12-6-3-4-8-15(12)19-11-13/h3-4,6,8,13-14,16H,2,5,7,9-11H2,1H3. The molecule has 1 heterocycles. The molecule has 0 aromatic heterocycles. The summed E-state index contributed by atoms with van der Waals surface area (Å²) in [6.07, 6.45) is 1.30. The molecule has 0 bridgehead atoms. The molecule has 0 aliphatic carbocycles. The number of hydrogen-bond acceptors (Lipinski definition) is 4. The zero-order chi connectivity index (χ0) is 14.6. The van der Waals surface area contributed by atoms with E-state index in [-0.39, 0.29) is 17.4 Å². The number of fused-ring (bicyclic) bond motifs is 1. The first-order valence-electron chi connectivity index (χ1n) is 7.11. The molecule has 4 nitrogen and oxygen atoms in total. The highest BCUT2D eigenvalue weighted by Crippen LogP contribution is 2.29. The fourth-order valence-electron chi connectivity index (χ4n) is 2.49. The van der Waals surface area contributed by atoms with Crippen LogP contribution in [0.3, 0.4) is 0 Å². The summed E-state index contributed by atoms with van der Waals surface area (Å²) in [7, 11) is -2.94. The van der Waals surface area contributed by atoms with Gasteiger partial charge in [-0.1, -0.05) is 25.1 Å². The summed E-state index contributed by atoms with van der Waals surface area (Å²) in [5.41, 5.74) is 1.11. The molecular formula is C15H22O4S. The van der Waals surface area contributed by atoms with Crippen molar-refractivity contribution in [1.82, 2.24) is 0 Å². The Bertz CT molecular complexity index is 539. The SMILES string of the molecule is CCS(=O)(=O)CCCC(O)C1COc2ccccc2C1. The molecule has 1 aliphatic rings. The first-order valence-corrected chi connectivity index (χ1v) is 8.93. The van der Waals surface area contributed by atoms with Gasteiger partial charge >= 0.3 is 0 Å². The van der Waals surface area contributed by atoms with Crippen molar-refractivity contribution in [2.24, 2.45) is 5.92 Å². The largest absolute Gasteiger partial charge is 0.493 e. The fraction of sp³-hybridized carbons (Fsp3) is 0.600. The van der Waals surface area contributed by atoms with Crippen molar-refractivity contribution in [3.8, 4) is 5.75 Å². The van der Waals surface area contributed by atoms with Crippen LogP contribution in [-0.2, 0) is 16.3 Å². The van der Waals surface area contributed by atoms with Crippen LogP contribution in [0.25, 0.3) is 0 Å². The Hall–Kier alpha value is -1.07. The summed E-state index contributed by atoms with van der Waals surface area (Å²) in [4.78, 5) is 0. The number of ether oxygens (including phenoxy) is 1. The molecule has 0 saturated carbocycles. The molecule has 1 aromatic rings. The lowest BCUT2D eigenvalue weighted by Gasteiger charge is -2.28. The molecule has 112 valence electrons. The Kier molecular flexibility index (Phi) is 5.05. The maximum absolute atomic E-state index is 11.4. The first kappa shape index (κ1) is 15.3. The predicted octanol–water partition coefficient (Wildman–Crippen LogP) is 1.81. The van der Waals surface area contributed by atoms with Gasteiger partial charge < -0.3 is 9.84 Å². The van der Waals surface area contributed by atoms with Crippen LogP contribution in [-0.4, -0.2) is 37.7 Å². The lowest BCUT2D eigenvalue weighted by atomic mass is 9.90. The van der Waals surface area contributed by atoms with Gasteiger partial charge in [0, 0.05) is 11.7 Å². The van der Waals surface area contributed by atoms with Crippen molar-refractivity contribution in [2.75, 3.05) is 18.1 Å². The van der Waals surface area contributed by atoms with Crippen LogP contribution < -0.4 is 4.74 Å². The summed E-state index contributed by atoms with van der Waals surface area (Å²) < 4.78 is 28.5. The van der Waals surface area contributed by atoms with Crippen LogP contribution in [0.15, 0.2) is 24.3 Å². The van der Waals surface area contributed by atoms with Gasteiger partial charge in [-0.05, 0) is 30.9 Å². The van der Waals surface area contributed by atoms with E-state index in [1.807, 2.05) is 24.3 Å². The van der Waals surface area contributed by atoms with Gasteiger partial charge in [0.05, 0.1) is 18.5 Å². The predicted molar refractivity (Wildman–Crippen MR) is 78.7 cm³/mol. The van der Waals surface area contributed by atoms with Crippen LogP contribution in [0.4, 0.5) is 0 Å². The number of aliphatic hydroxyl groups excluding tert-OH is 1. The maximum atomic E-state index is 11.4. The van der Waals surface area contributed by atoms with E-state index in [4.69, 9.17) is 4.74 Å². The van der Waals surface area contributed by atoms with Crippen LogP contribution in [0.1, 0.15) is 25.3 Å². The van der Waals surface area contributed by atoms with Crippen molar-refractivity contribution >= 4 is 9.84 Å². The van der Waals surface area contributed by atoms with E-state index in [0.717, 1.165) is 17.7 Å². The van der Waals surface area contributed by atoms with Gasteiger partial charge in [0.1, 0.15) is 15.6 Å². The average Bonchev–Trinajstić information content (AvgIpc) is 2.46. The Morgan fingerprint density at radius 1 is 1.40 bits per heavy atom. The zero-order valence-corrected chi connectivity index (χ0v) is 12.6. The third kappa shape index (κ3) is 3.96. The number of rotatable bonds is 6. The minimum atomic E-state index is -2.94. The van der Waals surface area contributed by atoms with Gasteiger partial charge in [-0.15, -0.1) is 0 Å². The van der Waals surface area contributed by atoms with Crippen molar-refractivity contribution in [3.05, 3.63) is 29.8 Å². The number of benzene rings is 1. The maximum Gasteiger partial charge on any atom is 0.150 e. The summed E-state index contributed by atoms with van der Waals surface area (Å²) >= 11 is 0. The van der Waals surface area contributed by atoms with E-state index >= 15 is 0 Å². The molecule has 0 radical (unpaired) electrons. The minimum absolute atomic E-state index is 0.0502. The molecular weight excluding hydrogens is 276 g/mol. The van der Waals surface area contributed by atoms with Crippen LogP contribution in [0, 0.1) is 5.92 Å². The van der Waals surface area contributed by atoms with E-state index in [1.54, 1.807) is 6.92 Å². The van der Waals surface area contributed by atoms with Gasteiger partial charge in [0.25, 0.3) is 0 Å². The third-order valence-electron chi connectivity index (χ3n) is 3.85. The highest BCUT2D eigenvalue weighted by Gasteiger charge is 2.26. The zero-order valence-electron chi connectivity index (χ0n) is 11.8. The summed E-state index contributed by atoms with van der Waals surface area (Å²) in [5.74, 6) is 1.27. The van der Waals surface area contributed by atoms with E-state index in [0.29, 0.717) is 19.4 Å². The van der Waals surface area contributed by atoms with Crippen LogP contribution >= 0.6 is 0 Å². The van der Waals surface area contributed by atoms with E-state index in [2.05, 4.69) is 0 Å². The van der Waals surface area contributed by atoms with E-state index in [1.165, 1.54) is 0 Å². The van der Waals surface area contributed by atoms with Crippen molar-refractivity contribution in [2.45, 2.75) is 32.3 Å². The highest BCUT2D eigenvalue weighted by molar-refractivity contribution is 7.91. The average molecular weight is 298 g/mol. The number of aliphatic hydroxyl groups is 1. The molecule has 0 saturated heterocycles. The molecule has 2 unspecified atom stereocenters. The summed E-state index contributed by atoms with van der Waals surface area (Å²) in [5, 5.41) is 10.2. The molecule has 2 rings (SSSR count). The summed E-state index contributed by atoms with van der Waals surface area (Å²) in [6, 6.07) is 7.84. The van der Waals surface area contributed by atoms with Gasteiger partial charge in [-0.25, -0.2) is 8.42 Å². The molecule has 1 aromatic carbocycles. The Morgan fingerprint density at radius 3 is 2.90 bits per heavy atom.